The molecule has 2 amide bonds. The van der Waals surface area contributed by atoms with Crippen LogP contribution in [0.15, 0.2) is 35.9 Å². The smallest absolute Gasteiger partial charge is 0.247 e. The number of para-hydroxylation sites is 1. The van der Waals surface area contributed by atoms with E-state index in [1.807, 2.05) is 29.2 Å². The number of amides is 2. The highest BCUT2D eigenvalue weighted by Gasteiger charge is 2.54. The van der Waals surface area contributed by atoms with Crippen molar-refractivity contribution in [3.8, 4) is 5.75 Å². The van der Waals surface area contributed by atoms with E-state index in [1.54, 1.807) is 13.0 Å². The van der Waals surface area contributed by atoms with Gasteiger partial charge in [0.25, 0.3) is 0 Å². The highest BCUT2D eigenvalue weighted by Crippen LogP contribution is 2.60. The van der Waals surface area contributed by atoms with Gasteiger partial charge in [0.15, 0.2) is 0 Å². The van der Waals surface area contributed by atoms with Crippen LogP contribution < -0.4 is 10.1 Å². The fourth-order valence-corrected chi connectivity index (χ4v) is 8.46. The van der Waals surface area contributed by atoms with Crippen molar-refractivity contribution < 1.29 is 24.5 Å². The number of hydrogen-bond donors (Lipinski definition) is 3. The maximum Gasteiger partial charge on any atom is 0.247 e. The monoisotopic (exact) mass is 480 g/mol. The van der Waals surface area contributed by atoms with Gasteiger partial charge in [-0.25, -0.2) is 0 Å². The summed E-state index contributed by atoms with van der Waals surface area (Å²) in [6.45, 7) is 2.19. The van der Waals surface area contributed by atoms with Crippen LogP contribution in [-0.2, 0) is 9.59 Å². The summed E-state index contributed by atoms with van der Waals surface area (Å²) >= 11 is 0. The van der Waals surface area contributed by atoms with Gasteiger partial charge in [0.2, 0.25) is 11.8 Å². The summed E-state index contributed by atoms with van der Waals surface area (Å²) in [5.41, 5.74) is 1.49. The molecule has 4 atom stereocenters. The van der Waals surface area contributed by atoms with Crippen molar-refractivity contribution in [2.75, 3.05) is 19.7 Å². The molecule has 35 heavy (non-hydrogen) atoms. The molecule has 1 heterocycles. The number of rotatable bonds is 6. The van der Waals surface area contributed by atoms with E-state index in [-0.39, 0.29) is 30.4 Å². The molecule has 6 aliphatic rings. The van der Waals surface area contributed by atoms with Gasteiger partial charge in [-0.3, -0.25) is 9.59 Å². The standard InChI is InChI=1S/C28H36N2O5/c1-16(32)30(15-28-12-17-8-18(13-28)10-19(9-17)14-28)22-11-21(27(34)29-6-7-31)24-20-4-2-3-5-23(20)35-26(24)25(22)33/h2-5,11,17-19,22,24-26,31,33H,6-10,12-15H2,1H3,(H,29,34). The van der Waals surface area contributed by atoms with Crippen LogP contribution in [0.3, 0.4) is 0 Å². The van der Waals surface area contributed by atoms with Crippen molar-refractivity contribution in [3.05, 3.63) is 41.5 Å². The van der Waals surface area contributed by atoms with E-state index in [0.29, 0.717) is 17.9 Å². The third-order valence-electron chi connectivity index (χ3n) is 9.31. The minimum atomic E-state index is -0.945. The number of aliphatic hydroxyl groups excluding tert-OH is 2. The number of benzene rings is 1. The van der Waals surface area contributed by atoms with Crippen LogP contribution >= 0.6 is 0 Å². The number of nitrogens with one attached hydrogen (secondary N) is 1. The van der Waals surface area contributed by atoms with Crippen LogP contribution in [-0.4, -0.2) is 64.9 Å². The Hall–Kier alpha value is -2.38. The Kier molecular flexibility index (Phi) is 5.68. The maximum absolute atomic E-state index is 13.2. The molecule has 1 aliphatic heterocycles. The van der Waals surface area contributed by atoms with E-state index >= 15 is 0 Å². The number of hydrogen-bond acceptors (Lipinski definition) is 5. The van der Waals surface area contributed by atoms with Gasteiger partial charge in [0.1, 0.15) is 18.0 Å². The molecule has 1 aromatic carbocycles. The number of fused-ring (bicyclic) bond motifs is 3. The zero-order valence-corrected chi connectivity index (χ0v) is 20.4. The molecule has 3 N–H and O–H groups in total. The summed E-state index contributed by atoms with van der Waals surface area (Å²) in [6.07, 6.45) is 7.68. The maximum atomic E-state index is 13.2. The Morgan fingerprint density at radius 2 is 1.77 bits per heavy atom. The Balaban J connectivity index is 1.35. The second kappa shape index (κ2) is 8.63. The highest BCUT2D eigenvalue weighted by atomic mass is 16.5. The molecule has 7 heteroatoms. The van der Waals surface area contributed by atoms with Gasteiger partial charge in [0, 0.05) is 31.1 Å². The Labute approximate surface area is 206 Å². The van der Waals surface area contributed by atoms with Crippen molar-refractivity contribution in [1.82, 2.24) is 10.2 Å². The molecule has 7 nitrogen and oxygen atoms in total. The Bertz CT molecular complexity index is 1020. The summed E-state index contributed by atoms with van der Waals surface area (Å²) < 4.78 is 6.20. The van der Waals surface area contributed by atoms with Crippen molar-refractivity contribution in [2.45, 2.75) is 69.6 Å². The predicted molar refractivity (Wildman–Crippen MR) is 130 cm³/mol. The van der Waals surface area contributed by atoms with Crippen LogP contribution in [0.5, 0.6) is 5.75 Å². The van der Waals surface area contributed by atoms with Gasteiger partial charge in [-0.1, -0.05) is 18.2 Å². The molecule has 0 radical (unpaired) electrons. The first-order valence-corrected chi connectivity index (χ1v) is 13.2. The zero-order valence-electron chi connectivity index (χ0n) is 20.4. The minimum Gasteiger partial charge on any atom is -0.486 e. The van der Waals surface area contributed by atoms with Crippen molar-refractivity contribution in [2.24, 2.45) is 23.2 Å². The lowest BCUT2D eigenvalue weighted by molar-refractivity contribution is -0.142. The fourth-order valence-electron chi connectivity index (χ4n) is 8.46. The SMILES string of the molecule is CC(=O)N(CC12CC3CC(CC(C3)C1)C2)C1C=C(C(=O)NCCO)C2c3ccccc3OC2C1O. The van der Waals surface area contributed by atoms with E-state index in [9.17, 15) is 19.8 Å². The summed E-state index contributed by atoms with van der Waals surface area (Å²) in [4.78, 5) is 28.1. The first kappa shape index (κ1) is 23.0. The molecule has 5 aliphatic carbocycles. The Morgan fingerprint density at radius 1 is 1.11 bits per heavy atom. The number of aliphatic hydroxyl groups is 2. The van der Waals surface area contributed by atoms with E-state index in [1.165, 1.54) is 19.3 Å². The van der Waals surface area contributed by atoms with Gasteiger partial charge in [-0.15, -0.1) is 0 Å². The van der Waals surface area contributed by atoms with Crippen molar-refractivity contribution in [1.29, 1.82) is 0 Å². The average molecular weight is 481 g/mol. The fraction of sp³-hybridized carbons (Fsp3) is 0.643. The van der Waals surface area contributed by atoms with Crippen LogP contribution in [0.1, 0.15) is 56.9 Å². The number of carbonyl (C=O) groups excluding carboxylic acids is 2. The second-order valence-corrected chi connectivity index (χ2v) is 11.7. The lowest BCUT2D eigenvalue weighted by atomic mass is 9.49. The van der Waals surface area contributed by atoms with E-state index in [4.69, 9.17) is 4.74 Å². The second-order valence-electron chi connectivity index (χ2n) is 11.7. The predicted octanol–water partition coefficient (Wildman–Crippen LogP) is 2.37. The third kappa shape index (κ3) is 3.87. The lowest BCUT2D eigenvalue weighted by Gasteiger charge is -2.58. The molecule has 188 valence electrons. The molecule has 4 fully saturated rings. The first-order valence-electron chi connectivity index (χ1n) is 13.2. The first-order chi connectivity index (χ1) is 16.9. The minimum absolute atomic E-state index is 0.0786. The molecular weight excluding hydrogens is 444 g/mol. The van der Waals surface area contributed by atoms with Gasteiger partial charge in [-0.05, 0) is 73.8 Å². The number of nitrogens with zero attached hydrogens (tertiary/aromatic N) is 1. The van der Waals surface area contributed by atoms with Gasteiger partial charge in [-0.2, -0.15) is 0 Å². The summed E-state index contributed by atoms with van der Waals surface area (Å²) in [7, 11) is 0. The molecule has 0 saturated heterocycles. The van der Waals surface area contributed by atoms with Crippen molar-refractivity contribution >= 4 is 11.8 Å². The quantitative estimate of drug-likeness (QED) is 0.581. The van der Waals surface area contributed by atoms with E-state index in [0.717, 1.165) is 42.6 Å². The molecule has 4 saturated carbocycles. The molecule has 7 rings (SSSR count). The molecular formula is C28H36N2O5. The summed E-state index contributed by atoms with van der Waals surface area (Å²) in [5.74, 6) is 2.17. The van der Waals surface area contributed by atoms with Crippen LogP contribution in [0.2, 0.25) is 0 Å². The summed E-state index contributed by atoms with van der Waals surface area (Å²) in [6, 6.07) is 6.94. The Morgan fingerprint density at radius 3 is 2.40 bits per heavy atom. The van der Waals surface area contributed by atoms with Gasteiger partial charge < -0.3 is 25.2 Å². The third-order valence-corrected chi connectivity index (χ3v) is 9.31. The summed E-state index contributed by atoms with van der Waals surface area (Å²) in [5, 5.41) is 23.6. The van der Waals surface area contributed by atoms with E-state index in [2.05, 4.69) is 5.32 Å². The highest BCUT2D eigenvalue weighted by molar-refractivity contribution is 5.96. The van der Waals surface area contributed by atoms with Crippen LogP contribution in [0, 0.1) is 23.2 Å². The molecule has 0 aromatic heterocycles. The number of ether oxygens (including phenoxy) is 1. The van der Waals surface area contributed by atoms with Gasteiger partial charge in [0.05, 0.1) is 18.6 Å². The van der Waals surface area contributed by atoms with Gasteiger partial charge >= 0.3 is 0 Å². The average Bonchev–Trinajstić information content (AvgIpc) is 3.21. The largest absolute Gasteiger partial charge is 0.486 e. The lowest BCUT2D eigenvalue weighted by Crippen LogP contribution is -2.59. The molecule has 4 unspecified atom stereocenters. The van der Waals surface area contributed by atoms with Crippen LogP contribution in [0.25, 0.3) is 0 Å². The molecule has 1 aromatic rings. The van der Waals surface area contributed by atoms with Crippen molar-refractivity contribution in [3.63, 3.8) is 0 Å². The van der Waals surface area contributed by atoms with E-state index < -0.39 is 24.2 Å². The number of carbonyl (C=O) groups is 2. The normalized spacial score (nSPS) is 38.3. The van der Waals surface area contributed by atoms with Crippen LogP contribution in [0.4, 0.5) is 0 Å². The molecule has 4 bridgehead atoms. The molecule has 0 spiro atoms. The zero-order chi connectivity index (χ0) is 24.3. The topological polar surface area (TPSA) is 99.1 Å².